The number of fused-ring (bicyclic) bond motifs is 1. The maximum Gasteiger partial charge on any atom is 0.501 e. The Morgan fingerprint density at radius 3 is 2.29 bits per heavy atom. The van der Waals surface area contributed by atoms with Crippen LogP contribution in [0.2, 0.25) is 5.02 Å². The van der Waals surface area contributed by atoms with Crippen LogP contribution in [0.25, 0.3) is 11.1 Å². The van der Waals surface area contributed by atoms with Crippen LogP contribution < -0.4 is 10.0 Å². The third-order valence-corrected chi connectivity index (χ3v) is 15.6. The van der Waals surface area contributed by atoms with Crippen molar-refractivity contribution in [3.05, 3.63) is 125 Å². The Hall–Kier alpha value is -4.23. The van der Waals surface area contributed by atoms with Crippen molar-refractivity contribution in [2.45, 2.75) is 71.1 Å². The van der Waals surface area contributed by atoms with E-state index in [1.165, 1.54) is 23.7 Å². The van der Waals surface area contributed by atoms with Gasteiger partial charge in [-0.3, -0.25) is 14.5 Å². The van der Waals surface area contributed by atoms with Gasteiger partial charge in [0.05, 0.1) is 16.3 Å². The van der Waals surface area contributed by atoms with Crippen LogP contribution in [0.3, 0.4) is 0 Å². The van der Waals surface area contributed by atoms with Crippen molar-refractivity contribution in [3.63, 3.8) is 0 Å². The molecule has 1 aromatic heterocycles. The van der Waals surface area contributed by atoms with Crippen LogP contribution in [0.15, 0.2) is 118 Å². The number of nitrogens with zero attached hydrogens (tertiary/aromatic N) is 5. The lowest BCUT2D eigenvalue weighted by atomic mass is 9.96. The number of rotatable bonds is 16. The van der Waals surface area contributed by atoms with E-state index in [9.17, 15) is 30.0 Å². The lowest BCUT2D eigenvalue weighted by Gasteiger charge is -2.40. The highest BCUT2D eigenvalue weighted by Gasteiger charge is 2.48. The van der Waals surface area contributed by atoms with Crippen molar-refractivity contribution >= 4 is 54.7 Å². The van der Waals surface area contributed by atoms with Gasteiger partial charge in [-0.05, 0) is 107 Å². The van der Waals surface area contributed by atoms with Crippen molar-refractivity contribution in [2.24, 2.45) is 0 Å². The molecule has 0 bridgehead atoms. The van der Waals surface area contributed by atoms with Gasteiger partial charge in [0.25, 0.3) is 19.9 Å². The molecule has 1 unspecified atom stereocenters. The van der Waals surface area contributed by atoms with Gasteiger partial charge < -0.3 is 10.2 Å². The first kappa shape index (κ1) is 45.8. The first-order valence-electron chi connectivity index (χ1n) is 20.3. The number of sulfonamides is 1. The summed E-state index contributed by atoms with van der Waals surface area (Å²) >= 11 is 8.02. The Morgan fingerprint density at radius 2 is 1.58 bits per heavy atom. The fourth-order valence-electron chi connectivity index (χ4n) is 7.93. The molecular formula is C44H49ClF3N7O4S3. The molecule has 2 aliphatic rings. The normalized spacial score (nSPS) is 16.2. The summed E-state index contributed by atoms with van der Waals surface area (Å²) in [6, 6.07) is 28.2. The van der Waals surface area contributed by atoms with E-state index in [0.29, 0.717) is 60.6 Å². The van der Waals surface area contributed by atoms with Crippen molar-refractivity contribution in [1.82, 2.24) is 24.7 Å². The molecule has 1 atom stereocenters. The number of hydrogen-bond acceptors (Lipinski definition) is 11. The van der Waals surface area contributed by atoms with E-state index in [1.54, 1.807) is 0 Å². The number of alkyl halides is 3. The van der Waals surface area contributed by atoms with Crippen LogP contribution in [-0.4, -0.2) is 105 Å². The molecule has 330 valence electrons. The maximum atomic E-state index is 14.2. The maximum absolute atomic E-state index is 14.2. The minimum Gasteiger partial charge on any atom is -0.380 e. The summed E-state index contributed by atoms with van der Waals surface area (Å²) in [6.45, 7) is 4.24. The average Bonchev–Trinajstić information content (AvgIpc) is 3.25. The number of piperidine rings is 1. The number of likely N-dealkylation sites (tertiary alicyclic amines) is 1. The van der Waals surface area contributed by atoms with E-state index in [-0.39, 0.29) is 17.5 Å². The summed E-state index contributed by atoms with van der Waals surface area (Å²) in [5, 5.41) is 3.71. The molecule has 1 saturated heterocycles. The van der Waals surface area contributed by atoms with Gasteiger partial charge in [0.15, 0.2) is 0 Å². The van der Waals surface area contributed by atoms with E-state index in [0.717, 1.165) is 60.6 Å². The summed E-state index contributed by atoms with van der Waals surface area (Å²) in [5.74, 6) is 0.409. The van der Waals surface area contributed by atoms with Crippen molar-refractivity contribution in [3.8, 4) is 11.1 Å². The van der Waals surface area contributed by atoms with Crippen molar-refractivity contribution in [2.75, 3.05) is 56.1 Å². The topological polar surface area (TPSA) is 128 Å². The van der Waals surface area contributed by atoms with Crippen molar-refractivity contribution in [1.29, 1.82) is 0 Å². The third kappa shape index (κ3) is 10.9. The largest absolute Gasteiger partial charge is 0.501 e. The molecule has 11 nitrogen and oxygen atoms in total. The number of anilines is 2. The Kier molecular flexibility index (Phi) is 14.5. The monoisotopic (exact) mass is 927 g/mol. The Labute approximate surface area is 371 Å². The van der Waals surface area contributed by atoms with Crippen LogP contribution in [-0.2, 0) is 39.4 Å². The van der Waals surface area contributed by atoms with Gasteiger partial charge in [-0.25, -0.2) is 26.8 Å². The Bertz CT molecular complexity index is 2560. The van der Waals surface area contributed by atoms with E-state index in [2.05, 4.69) is 41.9 Å². The van der Waals surface area contributed by atoms with E-state index in [1.807, 2.05) is 85.7 Å². The lowest BCUT2D eigenvalue weighted by molar-refractivity contribution is -0.0435. The molecule has 7 rings (SSSR count). The molecule has 0 aliphatic carbocycles. The standard InChI is InChI=1S/C44H49ClF3N7O4S3/c1-53(2)22-18-32(29-60-34-11-4-3-5-12-34)51-40-17-16-35(26-42(40)61(56,57)44(46,47)48)62(58,59)52-43-38-21-25-55(28-41(38)49-30-50-43)33-19-23-54(24-20-33)27-31-10-6-7-13-36(31)37-14-8-9-15-39(37)45/h3-17,26,30,32-33,51H,18-25,27-29H2,1-2H3,(H,49,50,52). The van der Waals surface area contributed by atoms with E-state index in [4.69, 9.17) is 11.6 Å². The first-order valence-corrected chi connectivity index (χ1v) is 24.6. The predicted octanol–water partition coefficient (Wildman–Crippen LogP) is 8.44. The molecule has 0 amide bonds. The zero-order valence-electron chi connectivity index (χ0n) is 34.4. The van der Waals surface area contributed by atoms with Gasteiger partial charge in [-0.2, -0.15) is 13.2 Å². The molecule has 2 N–H and O–H groups in total. The van der Waals surface area contributed by atoms with Gasteiger partial charge in [-0.15, -0.1) is 11.8 Å². The number of hydrogen-bond donors (Lipinski definition) is 2. The van der Waals surface area contributed by atoms with Crippen LogP contribution in [0.1, 0.15) is 36.1 Å². The molecule has 0 saturated carbocycles. The first-order chi connectivity index (χ1) is 29.6. The smallest absolute Gasteiger partial charge is 0.380 e. The second kappa shape index (κ2) is 19.7. The van der Waals surface area contributed by atoms with Crippen LogP contribution in [0, 0.1) is 0 Å². The second-order valence-electron chi connectivity index (χ2n) is 15.8. The Balaban J connectivity index is 1.04. The summed E-state index contributed by atoms with van der Waals surface area (Å²) < 4.78 is 98.8. The fourth-order valence-corrected chi connectivity index (χ4v) is 11.2. The molecule has 5 aromatic rings. The van der Waals surface area contributed by atoms with Crippen molar-refractivity contribution < 1.29 is 30.0 Å². The number of sulfone groups is 1. The average molecular weight is 929 g/mol. The van der Waals surface area contributed by atoms with E-state index >= 15 is 0 Å². The summed E-state index contributed by atoms with van der Waals surface area (Å²) in [4.78, 5) is 14.5. The zero-order valence-corrected chi connectivity index (χ0v) is 37.6. The van der Waals surface area contributed by atoms with Gasteiger partial charge in [0.2, 0.25) is 0 Å². The SMILES string of the molecule is CN(C)CCC(CSc1ccccc1)Nc1ccc(S(=O)(=O)Nc2ncnc3c2CCN(C2CCN(Cc4ccccc4-c4ccccc4Cl)CC2)C3)cc1S(=O)(=O)C(F)(F)F. The summed E-state index contributed by atoms with van der Waals surface area (Å²) in [5.41, 5.74) is -1.46. The van der Waals surface area contributed by atoms with Gasteiger partial charge in [0.1, 0.15) is 17.0 Å². The zero-order chi connectivity index (χ0) is 44.1. The molecule has 3 heterocycles. The summed E-state index contributed by atoms with van der Waals surface area (Å²) in [7, 11) is -6.89. The number of nitrogens with one attached hydrogen (secondary N) is 2. The summed E-state index contributed by atoms with van der Waals surface area (Å²) in [6.07, 6.45) is 4.03. The molecule has 1 fully saturated rings. The van der Waals surface area contributed by atoms with Crippen LogP contribution >= 0.6 is 23.4 Å². The molecule has 18 heteroatoms. The third-order valence-electron chi connectivity index (χ3n) is 11.3. The van der Waals surface area contributed by atoms with E-state index < -0.39 is 41.2 Å². The second-order valence-corrected chi connectivity index (χ2v) is 20.9. The minimum atomic E-state index is -5.98. The minimum absolute atomic E-state index is 0.00534. The number of thioether (sulfide) groups is 1. The Morgan fingerprint density at radius 1 is 0.887 bits per heavy atom. The van der Waals surface area contributed by atoms with Gasteiger partial charge >= 0.3 is 5.51 Å². The molecule has 62 heavy (non-hydrogen) atoms. The number of aromatic nitrogens is 2. The van der Waals surface area contributed by atoms with Crippen LogP contribution in [0.4, 0.5) is 24.7 Å². The predicted molar refractivity (Wildman–Crippen MR) is 240 cm³/mol. The highest BCUT2D eigenvalue weighted by Crippen LogP contribution is 2.38. The highest BCUT2D eigenvalue weighted by molar-refractivity contribution is 7.99. The molecule has 0 spiro atoms. The van der Waals surface area contributed by atoms with Gasteiger partial charge in [-0.1, -0.05) is 72.3 Å². The molecule has 0 radical (unpaired) electrons. The molecule has 2 aliphatic heterocycles. The van der Waals surface area contributed by atoms with Gasteiger partial charge in [0, 0.05) is 58.5 Å². The van der Waals surface area contributed by atoms with Crippen LogP contribution in [0.5, 0.6) is 0 Å². The quantitative estimate of drug-likeness (QED) is 0.0927. The lowest BCUT2D eigenvalue weighted by Crippen LogP contribution is -2.46. The number of halogens is 4. The molecular weight excluding hydrogens is 879 g/mol. The molecule has 4 aromatic carbocycles. The fraction of sp³-hybridized carbons (Fsp3) is 0.364. The highest BCUT2D eigenvalue weighted by atomic mass is 35.5. The number of benzene rings is 4.